The molecule has 0 N–H and O–H groups in total. The molecule has 0 bridgehead atoms. The first kappa shape index (κ1) is 48.5. The Bertz CT molecular complexity index is 3820. The van der Waals surface area contributed by atoms with Crippen molar-refractivity contribution in [3.63, 3.8) is 0 Å². The van der Waals surface area contributed by atoms with Crippen molar-refractivity contribution in [3.8, 4) is 35.2 Å². The maximum atomic E-state index is 6.21. The van der Waals surface area contributed by atoms with Crippen LogP contribution in [0.2, 0.25) is 0 Å². The van der Waals surface area contributed by atoms with Gasteiger partial charge in [-0.1, -0.05) is 194 Å². The van der Waals surface area contributed by atoms with E-state index in [-0.39, 0.29) is 0 Å². The van der Waals surface area contributed by atoms with Gasteiger partial charge in [-0.15, -0.1) is 11.8 Å². The molecule has 0 aromatic heterocycles. The molecule has 0 radical (unpaired) electrons. The summed E-state index contributed by atoms with van der Waals surface area (Å²) in [5.74, 6) is 15.1. The molecule has 0 heterocycles. The Morgan fingerprint density at radius 2 is 0.727 bits per heavy atom. The topological polar surface area (TPSA) is 36.9 Å². The summed E-state index contributed by atoms with van der Waals surface area (Å²) >= 11 is 0. The molecule has 0 saturated heterocycles. The minimum atomic E-state index is -0.704. The molecule has 2 atom stereocenters. The number of hydrogen-bond acceptors (Lipinski definition) is 4. The fraction of sp³-hybridized carbons (Fsp3) is 0.123. The first-order chi connectivity index (χ1) is 38.0. The average Bonchev–Trinajstić information content (AvgIpc) is 3.85. The monoisotopic (exact) mass is 996 g/mol. The van der Waals surface area contributed by atoms with Crippen LogP contribution in [-0.2, 0) is 26.7 Å². The first-order valence-corrected chi connectivity index (χ1v) is 26.2. The van der Waals surface area contributed by atoms with Crippen LogP contribution in [0.4, 0.5) is 0 Å². The van der Waals surface area contributed by atoms with Crippen LogP contribution in [0, 0.1) is 23.7 Å². The van der Waals surface area contributed by atoms with Crippen molar-refractivity contribution in [2.24, 2.45) is 0 Å². The van der Waals surface area contributed by atoms with Crippen LogP contribution in [0.5, 0.6) is 11.5 Å². The van der Waals surface area contributed by atoms with Crippen LogP contribution in [0.15, 0.2) is 218 Å². The largest absolute Gasteiger partial charge is 0.496 e. The summed E-state index contributed by atoms with van der Waals surface area (Å²) < 4.78 is 24.4. The number of fused-ring (bicyclic) bond motifs is 6. The van der Waals surface area contributed by atoms with E-state index in [0.29, 0.717) is 13.2 Å². The number of ether oxygens (including phenoxy) is 4. The molecule has 2 aliphatic carbocycles. The molecular weight excluding hydrogens is 941 g/mol. The molecule has 372 valence electrons. The summed E-state index contributed by atoms with van der Waals surface area (Å²) in [5.41, 5.74) is 14.7. The maximum absolute atomic E-state index is 6.21. The number of rotatable bonds is 12. The average molecular weight is 997 g/mol. The number of benzene rings is 10. The lowest BCUT2D eigenvalue weighted by Gasteiger charge is -2.38. The van der Waals surface area contributed by atoms with Crippen LogP contribution in [-0.4, -0.2) is 27.4 Å². The van der Waals surface area contributed by atoms with Crippen LogP contribution < -0.4 is 9.47 Å². The molecule has 4 nitrogen and oxygen atoms in total. The molecule has 0 fully saturated rings. The normalized spacial score (nSPS) is 16.0. The first-order valence-electron chi connectivity index (χ1n) is 26.2. The number of methoxy groups -OCH3 is 2. The van der Waals surface area contributed by atoms with Gasteiger partial charge in [0, 0.05) is 11.1 Å². The van der Waals surface area contributed by atoms with E-state index in [4.69, 9.17) is 18.9 Å². The predicted molar refractivity (Wildman–Crippen MR) is 315 cm³/mol. The zero-order valence-electron chi connectivity index (χ0n) is 43.7. The van der Waals surface area contributed by atoms with Crippen LogP contribution in [0.25, 0.3) is 45.2 Å². The Balaban J connectivity index is 0.963. The lowest BCUT2D eigenvalue weighted by atomic mass is 9.63. The van der Waals surface area contributed by atoms with Crippen LogP contribution in [0.1, 0.15) is 91.7 Å². The minimum Gasteiger partial charge on any atom is -0.496 e. The Morgan fingerprint density at radius 3 is 1.14 bits per heavy atom. The molecular formula is C73H56O4. The quantitative estimate of drug-likeness (QED) is 0.114. The van der Waals surface area contributed by atoms with Crippen molar-refractivity contribution in [3.05, 3.63) is 296 Å². The van der Waals surface area contributed by atoms with Gasteiger partial charge in [-0.2, -0.15) is 0 Å². The molecule has 10 aromatic carbocycles. The fourth-order valence-electron chi connectivity index (χ4n) is 12.1. The van der Waals surface area contributed by atoms with Crippen molar-refractivity contribution >= 4 is 45.2 Å². The van der Waals surface area contributed by atoms with Crippen LogP contribution >= 0.6 is 0 Å². The van der Waals surface area contributed by atoms with Crippen molar-refractivity contribution in [2.45, 2.75) is 31.1 Å². The molecule has 12 rings (SSSR count). The second kappa shape index (κ2) is 20.7. The Kier molecular flexibility index (Phi) is 13.0. The van der Waals surface area contributed by atoms with Gasteiger partial charge in [0.05, 0.1) is 25.0 Å². The van der Waals surface area contributed by atoms with E-state index in [1.807, 2.05) is 26.0 Å². The van der Waals surface area contributed by atoms with Crippen LogP contribution in [0.3, 0.4) is 0 Å². The third-order valence-electron chi connectivity index (χ3n) is 15.6. The van der Waals surface area contributed by atoms with Crippen molar-refractivity contribution in [2.75, 3.05) is 27.4 Å². The lowest BCUT2D eigenvalue weighted by molar-refractivity contribution is 0.370. The zero-order valence-corrected chi connectivity index (χ0v) is 43.7. The van der Waals surface area contributed by atoms with Gasteiger partial charge >= 0.3 is 0 Å². The van der Waals surface area contributed by atoms with Gasteiger partial charge < -0.3 is 18.9 Å². The highest BCUT2D eigenvalue weighted by Crippen LogP contribution is 2.53. The maximum Gasteiger partial charge on any atom is 0.149 e. The van der Waals surface area contributed by atoms with E-state index in [2.05, 4.69) is 242 Å². The molecule has 0 aliphatic heterocycles. The SMILES string of the molecule is CC#CCOc1ccc2cc(C3(c4ccc(Cc5ccc(C6(c7ccc8cc(OCC#CC)ccc8c7)c7ccccc7C=C(OC)c7ccccc76)cc5)cc4)c4ccccc4C=C(OC)c4ccccc43)ccc2c1. The van der Waals surface area contributed by atoms with Gasteiger partial charge in [-0.25, -0.2) is 0 Å². The van der Waals surface area contributed by atoms with Gasteiger partial charge in [-0.05, 0) is 157 Å². The zero-order chi connectivity index (χ0) is 52.3. The molecule has 77 heavy (non-hydrogen) atoms. The van der Waals surface area contributed by atoms with Gasteiger partial charge in [0.15, 0.2) is 0 Å². The van der Waals surface area contributed by atoms with Crippen molar-refractivity contribution < 1.29 is 18.9 Å². The minimum absolute atomic E-state index is 0.353. The Hall–Kier alpha value is -9.48. The molecule has 2 aliphatic rings. The highest BCUT2D eigenvalue weighted by molar-refractivity contribution is 5.91. The van der Waals surface area contributed by atoms with E-state index < -0.39 is 10.8 Å². The Labute approximate surface area is 451 Å². The van der Waals surface area contributed by atoms with E-state index in [0.717, 1.165) is 95.5 Å². The van der Waals surface area contributed by atoms with Gasteiger partial charge in [-0.3, -0.25) is 0 Å². The highest BCUT2D eigenvalue weighted by Gasteiger charge is 2.45. The molecule has 2 unspecified atom stereocenters. The summed E-state index contributed by atoms with van der Waals surface area (Å²) in [6.45, 7) is 4.36. The third kappa shape index (κ3) is 8.50. The highest BCUT2D eigenvalue weighted by atomic mass is 16.5. The summed E-state index contributed by atoms with van der Waals surface area (Å²) in [7, 11) is 3.54. The smallest absolute Gasteiger partial charge is 0.149 e. The van der Waals surface area contributed by atoms with Crippen molar-refractivity contribution in [1.29, 1.82) is 0 Å². The van der Waals surface area contributed by atoms with E-state index in [9.17, 15) is 0 Å². The number of hydrogen-bond donors (Lipinski definition) is 0. The molecule has 0 saturated carbocycles. The van der Waals surface area contributed by atoms with Crippen molar-refractivity contribution in [1.82, 2.24) is 0 Å². The fourth-order valence-corrected chi connectivity index (χ4v) is 12.1. The second-order valence-electron chi connectivity index (χ2n) is 19.6. The summed E-state index contributed by atoms with van der Waals surface area (Å²) in [4.78, 5) is 0. The summed E-state index contributed by atoms with van der Waals surface area (Å²) in [5, 5.41) is 4.45. The van der Waals surface area contributed by atoms with E-state index in [1.54, 1.807) is 14.2 Å². The molecule has 0 amide bonds. The third-order valence-corrected chi connectivity index (χ3v) is 15.6. The molecule has 4 heteroatoms. The summed E-state index contributed by atoms with van der Waals surface area (Å²) in [6.07, 6.45) is 5.13. The van der Waals surface area contributed by atoms with E-state index in [1.165, 1.54) is 33.4 Å². The van der Waals surface area contributed by atoms with Gasteiger partial charge in [0.25, 0.3) is 0 Å². The molecule has 10 aromatic rings. The Morgan fingerprint density at radius 1 is 0.364 bits per heavy atom. The molecule has 0 spiro atoms. The standard InChI is InChI=1S/C73H56O4/c1-5-7-41-76-62-39-31-52-44-60(37-29-54(52)46-62)72(66-21-13-9-17-56(66)48-70(74-3)64-19-11-15-23-68(64)72)58-33-25-50(26-34-58)43-51-27-35-59(36-28-51)73(61-38-30-55-47-63(77-42-8-6-2)40-32-53(55)45-61)67-22-14-10-18-57(67)49-71(75-4)65-20-12-16-24-69(65)73/h9-40,44-49H,41-43H2,1-4H3. The lowest BCUT2D eigenvalue weighted by Crippen LogP contribution is -2.32. The van der Waals surface area contributed by atoms with Gasteiger partial charge in [0.2, 0.25) is 0 Å². The van der Waals surface area contributed by atoms with Gasteiger partial charge in [0.1, 0.15) is 36.2 Å². The summed E-state index contributed by atoms with van der Waals surface area (Å²) in [6, 6.07) is 79.9. The second-order valence-corrected chi connectivity index (χ2v) is 19.6. The van der Waals surface area contributed by atoms with E-state index >= 15 is 0 Å². The predicted octanol–water partition coefficient (Wildman–Crippen LogP) is 16.1.